The van der Waals surface area contributed by atoms with Crippen LogP contribution in [0.15, 0.2) is 60.7 Å². The molecule has 2 aromatic rings. The summed E-state index contributed by atoms with van der Waals surface area (Å²) in [6.45, 7) is 9.20. The second-order valence-electron chi connectivity index (χ2n) is 11.8. The van der Waals surface area contributed by atoms with Crippen LogP contribution in [0.25, 0.3) is 0 Å². The van der Waals surface area contributed by atoms with Crippen LogP contribution in [-0.2, 0) is 37.0 Å². The number of carbonyl (C=O) groups is 1. The Bertz CT molecular complexity index is 987. The van der Waals surface area contributed by atoms with E-state index in [1.807, 2.05) is 26.0 Å². The van der Waals surface area contributed by atoms with Crippen molar-refractivity contribution >= 4 is 5.97 Å². The number of unbranched alkanes of at least 4 members (excludes halogenated alkanes) is 5. The van der Waals surface area contributed by atoms with E-state index in [1.165, 1.54) is 31.2 Å². The molecule has 1 saturated carbocycles. The van der Waals surface area contributed by atoms with Crippen molar-refractivity contribution in [3.05, 3.63) is 71.8 Å². The van der Waals surface area contributed by atoms with Crippen LogP contribution in [-0.4, -0.2) is 55.6 Å². The van der Waals surface area contributed by atoms with E-state index in [9.17, 15) is 4.79 Å². The van der Waals surface area contributed by atoms with Gasteiger partial charge in [-0.2, -0.15) is 0 Å². The molecular weight excluding hydrogens is 526 g/mol. The number of nitrogens with zero attached hydrogens (tertiary/aromatic N) is 1. The molecule has 0 amide bonds. The number of rotatable bonds is 21. The molecule has 4 atom stereocenters. The van der Waals surface area contributed by atoms with Crippen LogP contribution in [0.3, 0.4) is 0 Å². The first-order valence-electron chi connectivity index (χ1n) is 16.3. The lowest BCUT2D eigenvalue weighted by Crippen LogP contribution is -2.55. The maximum atomic E-state index is 12.1. The molecule has 0 N–H and O–H groups in total. The predicted molar refractivity (Wildman–Crippen MR) is 169 cm³/mol. The van der Waals surface area contributed by atoms with Crippen LogP contribution in [0, 0.1) is 5.92 Å². The number of benzene rings is 2. The van der Waals surface area contributed by atoms with E-state index in [-0.39, 0.29) is 24.1 Å². The van der Waals surface area contributed by atoms with Gasteiger partial charge in [0.05, 0.1) is 31.8 Å². The SMILES string of the molecule is CCCCCCCO[C@]1(N(C)CCCCC(C)C(=O)OCC)C[C@H](OCc2ccccc2)C[C@@H]1OCc1ccccc1. The third kappa shape index (κ3) is 11.1. The average molecular weight is 582 g/mol. The molecule has 1 fully saturated rings. The molecule has 234 valence electrons. The monoisotopic (exact) mass is 581 g/mol. The van der Waals surface area contributed by atoms with E-state index in [0.717, 1.165) is 50.6 Å². The largest absolute Gasteiger partial charge is 0.466 e. The molecule has 0 aliphatic heterocycles. The molecule has 1 unspecified atom stereocenters. The van der Waals surface area contributed by atoms with Crippen molar-refractivity contribution in [3.8, 4) is 0 Å². The summed E-state index contributed by atoms with van der Waals surface area (Å²) < 4.78 is 25.3. The summed E-state index contributed by atoms with van der Waals surface area (Å²) >= 11 is 0. The van der Waals surface area contributed by atoms with Gasteiger partial charge in [-0.1, -0.05) is 107 Å². The fourth-order valence-electron chi connectivity index (χ4n) is 5.86. The highest BCUT2D eigenvalue weighted by Gasteiger charge is 2.52. The highest BCUT2D eigenvalue weighted by molar-refractivity contribution is 5.71. The van der Waals surface area contributed by atoms with E-state index in [0.29, 0.717) is 26.4 Å². The second-order valence-corrected chi connectivity index (χ2v) is 11.8. The standard InChI is InChI=1S/C36H55NO5/c1-5-7-8-9-18-25-42-36(37(4)24-17-16-19-30(3)35(38)39-6-2)27-33(40-28-31-20-12-10-13-21-31)26-34(36)41-29-32-22-14-11-15-23-32/h10-15,20-23,30,33-34H,5-9,16-19,24-29H2,1-4H3/t30?,33-,34+,36-/m1/s1. The molecule has 0 heterocycles. The van der Waals surface area contributed by atoms with Gasteiger partial charge in [0.25, 0.3) is 0 Å². The van der Waals surface area contributed by atoms with Gasteiger partial charge >= 0.3 is 5.97 Å². The summed E-state index contributed by atoms with van der Waals surface area (Å²) in [6, 6.07) is 20.8. The van der Waals surface area contributed by atoms with Gasteiger partial charge in [-0.15, -0.1) is 0 Å². The van der Waals surface area contributed by atoms with Gasteiger partial charge in [-0.3, -0.25) is 9.69 Å². The number of carbonyl (C=O) groups excluding carboxylic acids is 1. The summed E-state index contributed by atoms with van der Waals surface area (Å²) in [5, 5.41) is 0. The highest BCUT2D eigenvalue weighted by Crippen LogP contribution is 2.41. The molecule has 42 heavy (non-hydrogen) atoms. The molecule has 0 radical (unpaired) electrons. The molecule has 1 aliphatic rings. The van der Waals surface area contributed by atoms with Crippen LogP contribution in [0.5, 0.6) is 0 Å². The third-order valence-corrected chi connectivity index (χ3v) is 8.44. The summed E-state index contributed by atoms with van der Waals surface area (Å²) in [4.78, 5) is 14.5. The Kier molecular flexibility index (Phi) is 15.6. The van der Waals surface area contributed by atoms with Gasteiger partial charge in [0.1, 0.15) is 11.8 Å². The molecular formula is C36H55NO5. The second kappa shape index (κ2) is 19.1. The fraction of sp³-hybridized carbons (Fsp3) is 0.639. The van der Waals surface area contributed by atoms with Gasteiger partial charge in [0.15, 0.2) is 0 Å². The Hall–Kier alpha value is -2.25. The normalized spacial score (nSPS) is 21.1. The lowest BCUT2D eigenvalue weighted by Gasteiger charge is -2.43. The van der Waals surface area contributed by atoms with Crippen LogP contribution in [0.1, 0.15) is 96.1 Å². The molecule has 2 aromatic carbocycles. The highest BCUT2D eigenvalue weighted by atomic mass is 16.6. The number of ether oxygens (including phenoxy) is 4. The number of likely N-dealkylation sites (N-methyl/N-ethyl adjacent to an activating group) is 1. The quantitative estimate of drug-likeness (QED) is 0.0848. The van der Waals surface area contributed by atoms with Crippen molar-refractivity contribution < 1.29 is 23.7 Å². The maximum Gasteiger partial charge on any atom is 0.308 e. The van der Waals surface area contributed by atoms with Crippen molar-refractivity contribution in [1.29, 1.82) is 0 Å². The van der Waals surface area contributed by atoms with Crippen molar-refractivity contribution in [2.24, 2.45) is 5.92 Å². The molecule has 0 bridgehead atoms. The van der Waals surface area contributed by atoms with E-state index in [4.69, 9.17) is 18.9 Å². The average Bonchev–Trinajstić information content (AvgIpc) is 3.38. The Labute approximate surface area is 255 Å². The fourth-order valence-corrected chi connectivity index (χ4v) is 5.86. The predicted octanol–water partition coefficient (Wildman–Crippen LogP) is 7.94. The zero-order valence-electron chi connectivity index (χ0n) is 26.6. The van der Waals surface area contributed by atoms with Crippen molar-refractivity contribution in [3.63, 3.8) is 0 Å². The minimum Gasteiger partial charge on any atom is -0.466 e. The first kappa shape index (κ1) is 34.2. The third-order valence-electron chi connectivity index (χ3n) is 8.44. The molecule has 3 rings (SSSR count). The molecule has 6 nitrogen and oxygen atoms in total. The molecule has 0 saturated heterocycles. The van der Waals surface area contributed by atoms with Crippen molar-refractivity contribution in [2.45, 2.75) is 116 Å². The molecule has 0 spiro atoms. The Morgan fingerprint density at radius 1 is 0.881 bits per heavy atom. The summed E-state index contributed by atoms with van der Waals surface area (Å²) in [5.74, 6) is -0.176. The topological polar surface area (TPSA) is 57.2 Å². The first-order valence-corrected chi connectivity index (χ1v) is 16.3. The van der Waals surface area contributed by atoms with Gasteiger partial charge in [0, 0.05) is 26.0 Å². The van der Waals surface area contributed by atoms with Crippen LogP contribution < -0.4 is 0 Å². The Morgan fingerprint density at radius 3 is 2.17 bits per heavy atom. The number of hydrogen-bond acceptors (Lipinski definition) is 6. The number of hydrogen-bond donors (Lipinski definition) is 0. The Morgan fingerprint density at radius 2 is 1.52 bits per heavy atom. The number of esters is 1. The lowest BCUT2D eigenvalue weighted by atomic mass is 10.0. The van der Waals surface area contributed by atoms with Crippen LogP contribution >= 0.6 is 0 Å². The maximum absolute atomic E-state index is 12.1. The first-order chi connectivity index (χ1) is 20.5. The van der Waals surface area contributed by atoms with E-state index < -0.39 is 5.72 Å². The van der Waals surface area contributed by atoms with E-state index in [1.54, 1.807) is 0 Å². The smallest absolute Gasteiger partial charge is 0.308 e. The van der Waals surface area contributed by atoms with Gasteiger partial charge < -0.3 is 18.9 Å². The molecule has 1 aliphatic carbocycles. The molecule has 6 heteroatoms. The van der Waals surface area contributed by atoms with Crippen molar-refractivity contribution in [2.75, 3.05) is 26.8 Å². The van der Waals surface area contributed by atoms with E-state index >= 15 is 0 Å². The Balaban J connectivity index is 1.71. The summed E-state index contributed by atoms with van der Waals surface area (Å²) in [5.41, 5.74) is 1.78. The van der Waals surface area contributed by atoms with Gasteiger partial charge in [-0.05, 0) is 44.4 Å². The lowest BCUT2D eigenvalue weighted by molar-refractivity contribution is -0.211. The van der Waals surface area contributed by atoms with E-state index in [2.05, 4.69) is 67.4 Å². The van der Waals surface area contributed by atoms with Crippen LogP contribution in [0.2, 0.25) is 0 Å². The zero-order valence-corrected chi connectivity index (χ0v) is 26.6. The molecule has 0 aromatic heterocycles. The minimum atomic E-state index is -0.562. The summed E-state index contributed by atoms with van der Waals surface area (Å²) in [7, 11) is 2.17. The van der Waals surface area contributed by atoms with Crippen LogP contribution in [0.4, 0.5) is 0 Å². The van der Waals surface area contributed by atoms with Gasteiger partial charge in [-0.25, -0.2) is 0 Å². The van der Waals surface area contributed by atoms with Crippen molar-refractivity contribution in [1.82, 2.24) is 4.90 Å². The zero-order chi connectivity index (χ0) is 30.0. The van der Waals surface area contributed by atoms with Gasteiger partial charge in [0.2, 0.25) is 0 Å². The summed E-state index contributed by atoms with van der Waals surface area (Å²) in [6.07, 6.45) is 10.2. The minimum absolute atomic E-state index is 0.0392.